The maximum Gasteiger partial charge on any atom is 0.252 e. The number of benzene rings is 5. The van der Waals surface area contributed by atoms with Crippen molar-refractivity contribution in [1.82, 2.24) is 19.1 Å². The maximum absolute atomic E-state index is 5.19. The minimum absolute atomic E-state index is 0.0898. The number of nitrogens with zero attached hydrogens (tertiary/aromatic N) is 4. The van der Waals surface area contributed by atoms with Crippen LogP contribution in [0.3, 0.4) is 0 Å². The van der Waals surface area contributed by atoms with Gasteiger partial charge in [-0.3, -0.25) is 9.13 Å². The van der Waals surface area contributed by atoms with Crippen molar-refractivity contribution in [2.45, 2.75) is 38.5 Å². The summed E-state index contributed by atoms with van der Waals surface area (Å²) in [4.78, 5) is 10.4. The van der Waals surface area contributed by atoms with E-state index in [-0.39, 0.29) is 17.5 Å². The van der Waals surface area contributed by atoms with Crippen LogP contribution in [-0.4, -0.2) is 25.8 Å². The van der Waals surface area contributed by atoms with E-state index < -0.39 is 0 Å². The van der Waals surface area contributed by atoms with Crippen molar-refractivity contribution in [3.63, 3.8) is 0 Å². The summed E-state index contributed by atoms with van der Waals surface area (Å²) < 4.78 is 4.70. The minimum atomic E-state index is -0.118. The van der Waals surface area contributed by atoms with Crippen molar-refractivity contribution < 1.29 is 0 Å². The van der Waals surface area contributed by atoms with E-state index in [2.05, 4.69) is 128 Å². The molecule has 0 atom stereocenters. The monoisotopic (exact) mass is 550 g/mol. The number of rotatable bonds is 0. The molecule has 0 saturated carbocycles. The first kappa shape index (κ1) is 22.7. The van der Waals surface area contributed by atoms with Crippen LogP contribution in [0.1, 0.15) is 49.9 Å². The summed E-state index contributed by atoms with van der Waals surface area (Å²) >= 11 is 0. The van der Waals surface area contributed by atoms with Gasteiger partial charge in [-0.1, -0.05) is 94.4 Å². The first-order valence-electron chi connectivity index (χ1n) is 15.3. The molecule has 7 aromatic rings. The van der Waals surface area contributed by atoms with E-state index in [1.54, 1.807) is 0 Å². The summed E-state index contributed by atoms with van der Waals surface area (Å²) in [5, 5.41) is 0. The van der Waals surface area contributed by atoms with Gasteiger partial charge in [-0.05, 0) is 73.0 Å². The molecule has 0 fully saturated rings. The van der Waals surface area contributed by atoms with Gasteiger partial charge >= 0.3 is 0 Å². The van der Waals surface area contributed by atoms with Crippen LogP contribution >= 0.6 is 0 Å². The Bertz CT molecular complexity index is 2300. The first-order valence-corrected chi connectivity index (χ1v) is 15.3. The quantitative estimate of drug-likeness (QED) is 0.213. The van der Waals surface area contributed by atoms with E-state index in [1.165, 1.54) is 83.3 Å². The van der Waals surface area contributed by atoms with Crippen LogP contribution in [-0.2, 0) is 10.8 Å². The molecular formula is C38H27BN4. The number of hydrogen-bond donors (Lipinski definition) is 0. The Balaban J connectivity index is 1.32. The summed E-state index contributed by atoms with van der Waals surface area (Å²) in [7, 11) is 0. The van der Waals surface area contributed by atoms with Gasteiger partial charge in [0, 0.05) is 22.2 Å². The third kappa shape index (κ3) is 2.30. The van der Waals surface area contributed by atoms with Gasteiger partial charge in [0.15, 0.2) is 0 Å². The minimum Gasteiger partial charge on any atom is -0.300 e. The number of aromatic nitrogens is 4. The smallest absolute Gasteiger partial charge is 0.252 e. The van der Waals surface area contributed by atoms with E-state index in [0.29, 0.717) is 0 Å². The lowest BCUT2D eigenvalue weighted by molar-refractivity contribution is 0.665. The molecule has 5 heteroatoms. The van der Waals surface area contributed by atoms with Crippen molar-refractivity contribution in [3.05, 3.63) is 114 Å². The Morgan fingerprint density at radius 2 is 1.02 bits per heavy atom. The lowest BCUT2D eigenvalue weighted by Gasteiger charge is -2.34. The van der Waals surface area contributed by atoms with Gasteiger partial charge in [-0.25, -0.2) is 9.97 Å². The summed E-state index contributed by atoms with van der Waals surface area (Å²) in [6.45, 7) is 9.52. The Kier molecular flexibility index (Phi) is 3.61. The van der Waals surface area contributed by atoms with E-state index in [4.69, 9.17) is 9.97 Å². The fraction of sp³-hybridized carbons (Fsp3) is 0.158. The molecule has 4 heterocycles. The van der Waals surface area contributed by atoms with Gasteiger partial charge in [-0.2, -0.15) is 0 Å². The maximum atomic E-state index is 5.19. The standard InChI is InChI=1S/C38H27BN4/c1-37(2)24-12-7-5-10-20(24)22-16-26-35-33(30(22)37)40-18-42(35)28-14-9-15-29-32(28)39(26)27-17-23-21-11-6-8-13-25(21)38(3,4)31(23)34-36(27)43(29)19-41-34/h5-19H,1-4H3. The molecular weight excluding hydrogens is 523 g/mol. The van der Waals surface area contributed by atoms with Crippen LogP contribution < -0.4 is 16.4 Å². The average Bonchev–Trinajstić information content (AvgIpc) is 3.75. The Morgan fingerprint density at radius 3 is 1.51 bits per heavy atom. The molecule has 0 unspecified atom stereocenters. The molecule has 0 amide bonds. The highest BCUT2D eigenvalue weighted by molar-refractivity contribution is 7.00. The average molecular weight is 550 g/mol. The third-order valence-electron chi connectivity index (χ3n) is 11.2. The zero-order valence-electron chi connectivity index (χ0n) is 24.5. The summed E-state index contributed by atoms with van der Waals surface area (Å²) in [6.07, 6.45) is 4.11. The van der Waals surface area contributed by atoms with Gasteiger partial charge in [0.1, 0.15) is 12.7 Å². The van der Waals surface area contributed by atoms with Gasteiger partial charge in [-0.15, -0.1) is 0 Å². The van der Waals surface area contributed by atoms with Gasteiger partial charge < -0.3 is 0 Å². The molecule has 0 radical (unpaired) electrons. The predicted molar refractivity (Wildman–Crippen MR) is 175 cm³/mol. The summed E-state index contributed by atoms with van der Waals surface area (Å²) in [5.74, 6) is 0. The second kappa shape index (κ2) is 6.84. The highest BCUT2D eigenvalue weighted by Crippen LogP contribution is 2.53. The van der Waals surface area contributed by atoms with E-state index in [1.807, 2.05) is 0 Å². The zero-order chi connectivity index (χ0) is 28.6. The molecule has 43 heavy (non-hydrogen) atoms. The van der Waals surface area contributed by atoms with Crippen LogP contribution in [0, 0.1) is 0 Å². The first-order chi connectivity index (χ1) is 20.9. The molecule has 4 nitrogen and oxygen atoms in total. The molecule has 4 aliphatic rings. The van der Waals surface area contributed by atoms with Crippen molar-refractivity contribution >= 4 is 45.2 Å². The largest absolute Gasteiger partial charge is 0.300 e. The molecule has 0 saturated heterocycles. The van der Waals surface area contributed by atoms with Crippen LogP contribution in [0.4, 0.5) is 0 Å². The summed E-state index contributed by atoms with van der Waals surface area (Å²) in [5.41, 5.74) is 21.8. The number of imidazole rings is 2. The molecule has 2 aliphatic heterocycles. The van der Waals surface area contributed by atoms with Gasteiger partial charge in [0.2, 0.25) is 0 Å². The lowest BCUT2D eigenvalue weighted by atomic mass is 9.34. The Hall–Kier alpha value is -4.90. The molecule has 0 N–H and O–H groups in total. The van der Waals surface area contributed by atoms with Crippen LogP contribution in [0.5, 0.6) is 0 Å². The van der Waals surface area contributed by atoms with Gasteiger partial charge in [0.25, 0.3) is 6.71 Å². The lowest BCUT2D eigenvalue weighted by Crippen LogP contribution is -2.59. The summed E-state index contributed by atoms with van der Waals surface area (Å²) in [6, 6.07) is 29.6. The molecule has 5 aromatic carbocycles. The zero-order valence-corrected chi connectivity index (χ0v) is 24.5. The van der Waals surface area contributed by atoms with Crippen molar-refractivity contribution in [3.8, 4) is 33.6 Å². The number of fused-ring (bicyclic) bond motifs is 12. The fourth-order valence-corrected chi connectivity index (χ4v) is 9.49. The fourth-order valence-electron chi connectivity index (χ4n) is 9.49. The molecule has 11 rings (SSSR count). The number of hydrogen-bond acceptors (Lipinski definition) is 2. The van der Waals surface area contributed by atoms with Crippen molar-refractivity contribution in [1.29, 1.82) is 0 Å². The van der Waals surface area contributed by atoms with Crippen molar-refractivity contribution in [2.24, 2.45) is 0 Å². The van der Waals surface area contributed by atoms with Crippen LogP contribution in [0.2, 0.25) is 0 Å². The van der Waals surface area contributed by atoms with Crippen molar-refractivity contribution in [2.75, 3.05) is 0 Å². The SMILES string of the molecule is CC1(C)c2ccccc2-c2cc3c4c(ncn4-c4cccc5c4B3c3cc4c(c6ncn-5c36)C(C)(C)c3ccccc3-4)c21. The van der Waals surface area contributed by atoms with Crippen LogP contribution in [0.15, 0.2) is 91.5 Å². The van der Waals surface area contributed by atoms with E-state index in [9.17, 15) is 0 Å². The highest BCUT2D eigenvalue weighted by atomic mass is 15.1. The molecule has 202 valence electrons. The van der Waals surface area contributed by atoms with Gasteiger partial charge in [0.05, 0.1) is 22.1 Å². The third-order valence-corrected chi connectivity index (χ3v) is 11.2. The second-order valence-electron chi connectivity index (χ2n) is 13.9. The molecule has 0 spiro atoms. The molecule has 2 aromatic heterocycles. The normalized spacial score (nSPS) is 16.7. The Labute approximate surface area is 249 Å². The second-order valence-corrected chi connectivity index (χ2v) is 13.9. The topological polar surface area (TPSA) is 35.6 Å². The van der Waals surface area contributed by atoms with Crippen LogP contribution in [0.25, 0.3) is 55.7 Å². The molecule has 2 aliphatic carbocycles. The van der Waals surface area contributed by atoms with E-state index >= 15 is 0 Å². The highest BCUT2D eigenvalue weighted by Gasteiger charge is 2.46. The predicted octanol–water partition coefficient (Wildman–Crippen LogP) is 6.12. The molecule has 0 bridgehead atoms. The van der Waals surface area contributed by atoms with E-state index in [0.717, 1.165) is 11.0 Å². The Morgan fingerprint density at radius 1 is 0.558 bits per heavy atom.